The maximum absolute atomic E-state index is 14.2. The van der Waals surface area contributed by atoms with Crippen molar-refractivity contribution in [3.63, 3.8) is 0 Å². The number of carbonyl (C=O) groups excluding carboxylic acids is 1. The number of rotatable bonds is 7. The van der Waals surface area contributed by atoms with Crippen molar-refractivity contribution in [3.8, 4) is 0 Å². The third kappa shape index (κ3) is 4.85. The van der Waals surface area contributed by atoms with Crippen molar-refractivity contribution in [2.24, 2.45) is 5.92 Å². The van der Waals surface area contributed by atoms with Crippen molar-refractivity contribution in [2.45, 2.75) is 79.8 Å². The molecule has 0 aromatic heterocycles. The molecule has 2 aromatic rings. The van der Waals surface area contributed by atoms with Crippen LogP contribution >= 0.6 is 11.8 Å². The van der Waals surface area contributed by atoms with E-state index in [1.807, 2.05) is 50.3 Å². The van der Waals surface area contributed by atoms with Crippen molar-refractivity contribution in [1.29, 1.82) is 0 Å². The Morgan fingerprint density at radius 1 is 1.03 bits per heavy atom. The average Bonchev–Trinajstić information content (AvgIpc) is 2.79. The van der Waals surface area contributed by atoms with Gasteiger partial charge in [0.2, 0.25) is 0 Å². The van der Waals surface area contributed by atoms with Crippen LogP contribution in [0.1, 0.15) is 38.3 Å². The fourth-order valence-electron chi connectivity index (χ4n) is 4.47. The normalized spacial score (nSPS) is 24.4. The average molecular weight is 544 g/mol. The summed E-state index contributed by atoms with van der Waals surface area (Å²) in [4.78, 5) is 15.3. The van der Waals surface area contributed by atoms with Crippen LogP contribution in [0.4, 0.5) is 0 Å². The van der Waals surface area contributed by atoms with Gasteiger partial charge in [-0.2, -0.15) is 0 Å². The van der Waals surface area contributed by atoms with Crippen LogP contribution in [0.5, 0.6) is 0 Å². The molecule has 0 spiro atoms. The predicted molar refractivity (Wildman–Crippen MR) is 149 cm³/mol. The molecule has 0 radical (unpaired) electrons. The maximum Gasteiger partial charge on any atom is 0.267 e. The van der Waals surface area contributed by atoms with Crippen molar-refractivity contribution in [1.82, 2.24) is 4.31 Å². The molecule has 8 heteroatoms. The fraction of sp³-hybridized carbons (Fsp3) is 0.464. The SMILES string of the molecule is Cc1ccc(S[C@]23C=C[C@H](C[C@@H]2CO[Si](C)(C)C(C)(C)C)N(S(=O)(=O)c2ccc(C)cc2)C3=O)cc1. The van der Waals surface area contributed by atoms with E-state index < -0.39 is 29.1 Å². The summed E-state index contributed by atoms with van der Waals surface area (Å²) >= 11 is 1.44. The molecule has 1 amide bonds. The number of sulfonamides is 1. The lowest BCUT2D eigenvalue weighted by molar-refractivity contribution is -0.134. The molecule has 36 heavy (non-hydrogen) atoms. The second kappa shape index (κ2) is 9.46. The second-order valence-corrected chi connectivity index (χ2v) is 19.5. The van der Waals surface area contributed by atoms with Crippen LogP contribution < -0.4 is 0 Å². The van der Waals surface area contributed by atoms with Gasteiger partial charge in [-0.25, -0.2) is 12.7 Å². The first-order valence-electron chi connectivity index (χ1n) is 12.4. The Hall–Kier alpha value is -1.87. The highest BCUT2D eigenvalue weighted by Gasteiger charge is 2.59. The quantitative estimate of drug-likeness (QED) is 0.302. The molecule has 1 fully saturated rings. The lowest BCUT2D eigenvalue weighted by Crippen LogP contribution is -2.64. The Bertz CT molecular complexity index is 1260. The van der Waals surface area contributed by atoms with Gasteiger partial charge in [-0.3, -0.25) is 4.79 Å². The summed E-state index contributed by atoms with van der Waals surface area (Å²) < 4.78 is 34.1. The molecule has 2 aliphatic heterocycles. The summed E-state index contributed by atoms with van der Waals surface area (Å²) in [5.74, 6) is -0.513. The number of benzene rings is 2. The summed E-state index contributed by atoms with van der Waals surface area (Å²) in [7, 11) is -6.06. The molecule has 1 saturated heterocycles. The lowest BCUT2D eigenvalue weighted by Gasteiger charge is -2.51. The van der Waals surface area contributed by atoms with Crippen molar-refractivity contribution in [2.75, 3.05) is 6.61 Å². The number of aryl methyl sites for hydroxylation is 2. The molecule has 2 bridgehead atoms. The lowest BCUT2D eigenvalue weighted by atomic mass is 9.77. The van der Waals surface area contributed by atoms with Crippen LogP contribution in [0.3, 0.4) is 0 Å². The zero-order chi connectivity index (χ0) is 26.5. The molecule has 1 aliphatic carbocycles. The minimum Gasteiger partial charge on any atom is -0.416 e. The van der Waals surface area contributed by atoms with E-state index in [9.17, 15) is 13.2 Å². The fourth-order valence-corrected chi connectivity index (χ4v) is 8.49. The molecule has 5 nitrogen and oxygen atoms in total. The van der Waals surface area contributed by atoms with E-state index in [1.165, 1.54) is 11.8 Å². The molecule has 3 aliphatic rings. The molecule has 2 aromatic carbocycles. The Balaban J connectivity index is 1.73. The van der Waals surface area contributed by atoms with Crippen molar-refractivity contribution >= 4 is 36.0 Å². The maximum atomic E-state index is 14.2. The molecule has 0 N–H and O–H groups in total. The minimum atomic E-state index is -4.00. The van der Waals surface area contributed by atoms with Crippen LogP contribution in [-0.2, 0) is 19.2 Å². The molecule has 0 saturated carbocycles. The van der Waals surface area contributed by atoms with Crippen LogP contribution in [0.2, 0.25) is 18.1 Å². The van der Waals surface area contributed by atoms with Crippen LogP contribution in [0, 0.1) is 19.8 Å². The van der Waals surface area contributed by atoms with Gasteiger partial charge in [0.15, 0.2) is 8.32 Å². The number of thioether (sulfide) groups is 1. The summed E-state index contributed by atoms with van der Waals surface area (Å²) in [6.07, 6.45) is 4.38. The van der Waals surface area contributed by atoms with Gasteiger partial charge < -0.3 is 4.43 Å². The van der Waals surface area contributed by atoms with E-state index >= 15 is 0 Å². The van der Waals surface area contributed by atoms with E-state index in [2.05, 4.69) is 33.9 Å². The second-order valence-electron chi connectivity index (χ2n) is 11.6. The van der Waals surface area contributed by atoms with E-state index in [-0.39, 0.29) is 21.8 Å². The number of hydrogen-bond acceptors (Lipinski definition) is 5. The van der Waals surface area contributed by atoms with Gasteiger partial charge in [0.1, 0.15) is 4.75 Å². The molecule has 2 heterocycles. The highest BCUT2D eigenvalue weighted by Crippen LogP contribution is 2.52. The zero-order valence-corrected chi connectivity index (χ0v) is 24.9. The summed E-state index contributed by atoms with van der Waals surface area (Å²) in [5.41, 5.74) is 2.10. The smallest absolute Gasteiger partial charge is 0.267 e. The van der Waals surface area contributed by atoms with E-state index in [0.29, 0.717) is 13.0 Å². The van der Waals surface area contributed by atoms with Crippen LogP contribution in [-0.4, -0.2) is 44.3 Å². The third-order valence-electron chi connectivity index (χ3n) is 7.87. The van der Waals surface area contributed by atoms with Crippen LogP contribution in [0.15, 0.2) is 70.5 Å². The van der Waals surface area contributed by atoms with Gasteiger partial charge in [0.05, 0.1) is 10.9 Å². The van der Waals surface area contributed by atoms with Gasteiger partial charge >= 0.3 is 0 Å². The summed E-state index contributed by atoms with van der Waals surface area (Å²) in [6, 6.07) is 14.2. The Morgan fingerprint density at radius 3 is 2.14 bits per heavy atom. The van der Waals surface area contributed by atoms with E-state index in [1.54, 1.807) is 24.3 Å². The predicted octanol–water partition coefficient (Wildman–Crippen LogP) is 6.33. The van der Waals surface area contributed by atoms with Gasteiger partial charge in [0.25, 0.3) is 15.9 Å². The molecular formula is C28H37NO4S2Si. The Labute approximate surface area is 221 Å². The Kier molecular flexibility index (Phi) is 7.14. The topological polar surface area (TPSA) is 63.7 Å². The first-order chi connectivity index (χ1) is 16.7. The Morgan fingerprint density at radius 2 is 1.58 bits per heavy atom. The highest BCUT2D eigenvalue weighted by molar-refractivity contribution is 8.01. The summed E-state index contributed by atoms with van der Waals surface area (Å²) in [5, 5.41) is 0.0403. The van der Waals surface area contributed by atoms with E-state index in [4.69, 9.17) is 4.43 Å². The number of hydrogen-bond donors (Lipinski definition) is 0. The van der Waals surface area contributed by atoms with Gasteiger partial charge in [0, 0.05) is 17.4 Å². The third-order valence-corrected chi connectivity index (χ3v) is 15.7. The largest absolute Gasteiger partial charge is 0.416 e. The molecule has 5 rings (SSSR count). The number of fused-ring (bicyclic) bond motifs is 2. The standard InChI is InChI=1S/C28H37NO4S2Si/c1-20-8-12-24(13-9-20)34-28-17-16-23(18-22(28)19-33-36(6,7)27(3,4)5)29(26(28)30)35(31,32)25-14-10-21(2)11-15-25/h8-17,22-23H,18-19H2,1-7H3/t22-,23-,28-/m1/s1. The molecule has 3 atom stereocenters. The number of carbonyl (C=O) groups is 1. The molecule has 194 valence electrons. The molecule has 0 unspecified atom stereocenters. The molecular weight excluding hydrogens is 507 g/mol. The van der Waals surface area contributed by atoms with Gasteiger partial charge in [-0.15, -0.1) is 11.8 Å². The van der Waals surface area contributed by atoms with Crippen LogP contribution in [0.25, 0.3) is 0 Å². The highest BCUT2D eigenvalue weighted by atomic mass is 32.2. The monoisotopic (exact) mass is 543 g/mol. The number of nitrogens with zero attached hydrogens (tertiary/aromatic N) is 1. The van der Waals surface area contributed by atoms with Crippen molar-refractivity contribution in [3.05, 3.63) is 71.8 Å². The zero-order valence-electron chi connectivity index (χ0n) is 22.2. The first kappa shape index (κ1) is 27.2. The minimum absolute atomic E-state index is 0.0403. The number of amides is 1. The van der Waals surface area contributed by atoms with Gasteiger partial charge in [-0.1, -0.05) is 68.3 Å². The summed E-state index contributed by atoms with van der Waals surface area (Å²) in [6.45, 7) is 15.4. The number of piperidine rings is 1. The van der Waals surface area contributed by atoms with E-state index in [0.717, 1.165) is 20.3 Å². The van der Waals surface area contributed by atoms with Gasteiger partial charge in [-0.05, 0) is 62.7 Å². The van der Waals surface area contributed by atoms with Crippen molar-refractivity contribution < 1.29 is 17.6 Å². The first-order valence-corrected chi connectivity index (χ1v) is 17.6.